The van der Waals surface area contributed by atoms with Gasteiger partial charge >= 0.3 is 5.97 Å². The highest BCUT2D eigenvalue weighted by molar-refractivity contribution is 5.72. The minimum absolute atomic E-state index is 0. The van der Waals surface area contributed by atoms with Crippen LogP contribution >= 0.6 is 0 Å². The Bertz CT molecular complexity index is 238. The van der Waals surface area contributed by atoms with Gasteiger partial charge in [0.2, 0.25) is 0 Å². The van der Waals surface area contributed by atoms with Gasteiger partial charge in [-0.05, 0) is 41.5 Å². The summed E-state index contributed by atoms with van der Waals surface area (Å²) < 4.78 is 10.4. The molecule has 0 saturated heterocycles. The standard InChI is InChI=1S/C9H18O3.C3H6O.CH4/c1-7(10)12-9(4,5)8(2,3)11-6;1-3(2)4;/h1-6H3;1-2H3;1H4. The molecule has 4 heteroatoms. The number of carbonyl (C=O) groups is 2. The molecule has 0 spiro atoms. The molecule has 0 rings (SSSR count). The molecule has 0 bridgehead atoms. The maximum absolute atomic E-state index is 10.7. The highest BCUT2D eigenvalue weighted by Gasteiger charge is 2.40. The van der Waals surface area contributed by atoms with Crippen LogP contribution in [0, 0.1) is 0 Å². The van der Waals surface area contributed by atoms with Gasteiger partial charge in [0, 0.05) is 14.0 Å². The van der Waals surface area contributed by atoms with E-state index in [1.54, 1.807) is 7.11 Å². The molecule has 0 aromatic rings. The first-order valence-electron chi connectivity index (χ1n) is 5.18. The first kappa shape index (κ1) is 21.4. The summed E-state index contributed by atoms with van der Waals surface area (Å²) >= 11 is 0. The summed E-state index contributed by atoms with van der Waals surface area (Å²) in [5, 5.41) is 0. The number of carbonyl (C=O) groups excluding carboxylic acids is 2. The van der Waals surface area contributed by atoms with Crippen LogP contribution in [-0.4, -0.2) is 30.1 Å². The Morgan fingerprint density at radius 1 is 0.882 bits per heavy atom. The Kier molecular flexibility index (Phi) is 10.4. The first-order chi connectivity index (χ1) is 6.96. The van der Waals surface area contributed by atoms with Gasteiger partial charge in [0.25, 0.3) is 0 Å². The lowest BCUT2D eigenvalue weighted by Crippen LogP contribution is -2.49. The average molecular weight is 248 g/mol. The topological polar surface area (TPSA) is 52.6 Å². The van der Waals surface area contributed by atoms with Crippen molar-refractivity contribution in [2.45, 2.75) is 67.1 Å². The molecule has 0 aliphatic rings. The molecule has 17 heavy (non-hydrogen) atoms. The maximum atomic E-state index is 10.7. The van der Waals surface area contributed by atoms with Crippen LogP contribution in [-0.2, 0) is 19.1 Å². The molecule has 0 aromatic carbocycles. The number of ether oxygens (including phenoxy) is 2. The molecule has 0 unspecified atom stereocenters. The Hall–Kier alpha value is -0.900. The van der Waals surface area contributed by atoms with Gasteiger partial charge in [-0.15, -0.1) is 0 Å². The van der Waals surface area contributed by atoms with Gasteiger partial charge < -0.3 is 14.3 Å². The lowest BCUT2D eigenvalue weighted by atomic mass is 9.89. The van der Waals surface area contributed by atoms with E-state index < -0.39 is 11.2 Å². The van der Waals surface area contributed by atoms with E-state index in [2.05, 4.69) is 0 Å². The Morgan fingerprint density at radius 3 is 1.35 bits per heavy atom. The average Bonchev–Trinajstić information content (AvgIpc) is 2.00. The molecule has 4 nitrogen and oxygen atoms in total. The van der Waals surface area contributed by atoms with Crippen LogP contribution in [0.4, 0.5) is 0 Å². The predicted molar refractivity (Wildman–Crippen MR) is 70.0 cm³/mol. The van der Waals surface area contributed by atoms with E-state index in [9.17, 15) is 9.59 Å². The summed E-state index contributed by atoms with van der Waals surface area (Å²) in [5.41, 5.74) is -1.08. The van der Waals surface area contributed by atoms with Crippen LogP contribution < -0.4 is 0 Å². The van der Waals surface area contributed by atoms with E-state index in [1.165, 1.54) is 20.8 Å². The molecule has 0 N–H and O–H groups in total. The molecule has 0 aromatic heterocycles. The molecule has 104 valence electrons. The van der Waals surface area contributed by atoms with Crippen molar-refractivity contribution >= 4 is 11.8 Å². The molecule has 0 heterocycles. The van der Waals surface area contributed by atoms with Crippen molar-refractivity contribution in [1.82, 2.24) is 0 Å². The summed E-state index contributed by atoms with van der Waals surface area (Å²) in [6.07, 6.45) is 0. The van der Waals surface area contributed by atoms with E-state index >= 15 is 0 Å². The van der Waals surface area contributed by atoms with E-state index in [0.29, 0.717) is 0 Å². The van der Waals surface area contributed by atoms with Crippen molar-refractivity contribution in [3.8, 4) is 0 Å². The van der Waals surface area contributed by atoms with Crippen molar-refractivity contribution < 1.29 is 19.1 Å². The fourth-order valence-electron chi connectivity index (χ4n) is 0.728. The van der Waals surface area contributed by atoms with Crippen molar-refractivity contribution in [3.05, 3.63) is 0 Å². The number of ketones is 1. The lowest BCUT2D eigenvalue weighted by molar-refractivity contribution is -0.184. The zero-order valence-corrected chi connectivity index (χ0v) is 11.6. The quantitative estimate of drug-likeness (QED) is 0.720. The molecule has 0 aliphatic carbocycles. The Labute approximate surface area is 106 Å². The van der Waals surface area contributed by atoms with Crippen LogP contribution in [0.3, 0.4) is 0 Å². The molecule has 0 aliphatic heterocycles. The zero-order valence-electron chi connectivity index (χ0n) is 11.6. The van der Waals surface area contributed by atoms with E-state index in [4.69, 9.17) is 9.47 Å². The van der Waals surface area contributed by atoms with Gasteiger partial charge in [-0.1, -0.05) is 7.43 Å². The van der Waals surface area contributed by atoms with Crippen molar-refractivity contribution in [2.24, 2.45) is 0 Å². The monoisotopic (exact) mass is 248 g/mol. The molecule has 0 radical (unpaired) electrons. The second kappa shape index (κ2) is 8.23. The van der Waals surface area contributed by atoms with Gasteiger partial charge in [0.05, 0.1) is 0 Å². The van der Waals surface area contributed by atoms with Crippen LogP contribution in [0.2, 0.25) is 0 Å². The number of Topliss-reactive ketones (excluding diaryl/α,β-unsaturated/α-hetero) is 1. The third-order valence-electron chi connectivity index (χ3n) is 2.36. The summed E-state index contributed by atoms with van der Waals surface area (Å²) in [6.45, 7) is 11.9. The van der Waals surface area contributed by atoms with Crippen LogP contribution in [0.5, 0.6) is 0 Å². The summed E-state index contributed by atoms with van der Waals surface area (Å²) in [6, 6.07) is 0. The zero-order chi connectivity index (χ0) is 13.6. The highest BCUT2D eigenvalue weighted by atomic mass is 16.6. The fraction of sp³-hybridized carbons (Fsp3) is 0.846. The fourth-order valence-corrected chi connectivity index (χ4v) is 0.728. The van der Waals surface area contributed by atoms with Gasteiger partial charge in [0.1, 0.15) is 17.0 Å². The third kappa shape index (κ3) is 10.00. The van der Waals surface area contributed by atoms with E-state index in [1.807, 2.05) is 27.7 Å². The minimum atomic E-state index is -0.604. The molecular formula is C13H28O4. The van der Waals surface area contributed by atoms with Crippen molar-refractivity contribution in [1.29, 1.82) is 0 Å². The highest BCUT2D eigenvalue weighted by Crippen LogP contribution is 2.28. The SMILES string of the molecule is C.CC(C)=O.COC(C)(C)C(C)(C)OC(C)=O. The molecule has 0 fully saturated rings. The summed E-state index contributed by atoms with van der Waals surface area (Å²) in [4.78, 5) is 20.2. The van der Waals surface area contributed by atoms with Crippen molar-refractivity contribution in [3.63, 3.8) is 0 Å². The molecule has 0 saturated carbocycles. The molecule has 0 atom stereocenters. The normalized spacial score (nSPS) is 10.6. The van der Waals surface area contributed by atoms with Crippen LogP contribution in [0.15, 0.2) is 0 Å². The van der Waals surface area contributed by atoms with E-state index in [-0.39, 0.29) is 19.2 Å². The van der Waals surface area contributed by atoms with E-state index in [0.717, 1.165) is 0 Å². The first-order valence-corrected chi connectivity index (χ1v) is 5.18. The third-order valence-corrected chi connectivity index (χ3v) is 2.36. The smallest absolute Gasteiger partial charge is 0.303 e. The number of rotatable bonds is 3. The van der Waals surface area contributed by atoms with Gasteiger partial charge in [-0.2, -0.15) is 0 Å². The number of esters is 1. The summed E-state index contributed by atoms with van der Waals surface area (Å²) in [7, 11) is 1.60. The Morgan fingerprint density at radius 2 is 1.18 bits per heavy atom. The Balaban J connectivity index is -0.000000340. The number of hydrogen-bond donors (Lipinski definition) is 0. The summed E-state index contributed by atoms with van der Waals surface area (Å²) in [5.74, 6) is -0.120. The lowest BCUT2D eigenvalue weighted by Gasteiger charge is -2.39. The van der Waals surface area contributed by atoms with Crippen molar-refractivity contribution in [2.75, 3.05) is 7.11 Å². The van der Waals surface area contributed by atoms with Gasteiger partial charge in [-0.3, -0.25) is 4.79 Å². The van der Waals surface area contributed by atoms with Gasteiger partial charge in [-0.25, -0.2) is 0 Å². The molecular weight excluding hydrogens is 220 g/mol. The second-order valence-corrected chi connectivity index (χ2v) is 4.73. The number of hydrogen-bond acceptors (Lipinski definition) is 4. The predicted octanol–water partition coefficient (Wildman–Crippen LogP) is 2.98. The number of methoxy groups -OCH3 is 1. The minimum Gasteiger partial charge on any atom is -0.457 e. The van der Waals surface area contributed by atoms with Gasteiger partial charge in [0.15, 0.2) is 0 Å². The largest absolute Gasteiger partial charge is 0.457 e. The second-order valence-electron chi connectivity index (χ2n) is 4.73. The maximum Gasteiger partial charge on any atom is 0.303 e. The van der Waals surface area contributed by atoms with Crippen LogP contribution in [0.25, 0.3) is 0 Å². The van der Waals surface area contributed by atoms with Crippen LogP contribution in [0.1, 0.15) is 55.9 Å². The molecule has 0 amide bonds.